The molecule has 3 aliphatic rings. The minimum atomic E-state index is 0.184. The molecule has 3 fully saturated rings. The van der Waals surface area contributed by atoms with E-state index in [-0.39, 0.29) is 11.8 Å². The van der Waals surface area contributed by atoms with Gasteiger partial charge in [-0.15, -0.1) is 0 Å². The molecule has 4 rings (SSSR count). The minimum Gasteiger partial charge on any atom is -0.369 e. The Kier molecular flexibility index (Phi) is 4.74. The number of hydrogen-bond donors (Lipinski definition) is 1. The van der Waals surface area contributed by atoms with Crippen LogP contribution in [0.2, 0.25) is 0 Å². The second kappa shape index (κ2) is 7.14. The molecule has 1 saturated heterocycles. The van der Waals surface area contributed by atoms with Crippen LogP contribution in [0.25, 0.3) is 0 Å². The molecule has 2 saturated carbocycles. The number of hydrogen-bond acceptors (Lipinski definition) is 3. The van der Waals surface area contributed by atoms with Crippen molar-refractivity contribution < 1.29 is 4.79 Å². The van der Waals surface area contributed by atoms with Crippen LogP contribution in [0.15, 0.2) is 24.3 Å². The molecule has 1 N–H and O–H groups in total. The zero-order valence-electron chi connectivity index (χ0n) is 14.5. The Bertz CT molecular complexity index is 553. The summed E-state index contributed by atoms with van der Waals surface area (Å²) < 4.78 is 0. The van der Waals surface area contributed by atoms with Crippen LogP contribution in [-0.4, -0.2) is 43.0 Å². The number of anilines is 2. The Labute approximate surface area is 145 Å². The van der Waals surface area contributed by atoms with Crippen molar-refractivity contribution in [2.45, 2.75) is 51.0 Å². The first-order chi connectivity index (χ1) is 11.8. The van der Waals surface area contributed by atoms with Crippen molar-refractivity contribution in [3.05, 3.63) is 24.3 Å². The lowest BCUT2D eigenvalue weighted by Gasteiger charge is -2.41. The van der Waals surface area contributed by atoms with Crippen molar-refractivity contribution in [1.29, 1.82) is 0 Å². The Morgan fingerprint density at radius 1 is 0.875 bits per heavy atom. The highest BCUT2D eigenvalue weighted by Crippen LogP contribution is 2.30. The van der Waals surface area contributed by atoms with Gasteiger partial charge in [0.25, 0.3) is 0 Å². The first kappa shape index (κ1) is 15.9. The summed E-state index contributed by atoms with van der Waals surface area (Å²) in [6, 6.07) is 9.23. The normalized spacial score (nSPS) is 23.2. The first-order valence-electron chi connectivity index (χ1n) is 9.69. The Morgan fingerprint density at radius 2 is 1.54 bits per heavy atom. The van der Waals surface area contributed by atoms with Gasteiger partial charge in [-0.1, -0.05) is 19.3 Å². The summed E-state index contributed by atoms with van der Waals surface area (Å²) in [7, 11) is 0. The van der Waals surface area contributed by atoms with Gasteiger partial charge in [0.1, 0.15) is 0 Å². The summed E-state index contributed by atoms with van der Waals surface area (Å²) in [6.45, 7) is 4.60. The second-order valence-electron chi connectivity index (χ2n) is 7.63. The average molecular weight is 327 g/mol. The smallest absolute Gasteiger partial charge is 0.227 e. The number of piperazine rings is 1. The standard InChI is InChI=1S/C20H29N3O/c24-20(16-6-7-16)21-17-8-10-19(11-9-17)23-14-12-22(13-15-23)18-4-2-1-3-5-18/h8-11,16,18H,1-7,12-15H2,(H,21,24). The molecular formula is C20H29N3O. The molecular weight excluding hydrogens is 298 g/mol. The summed E-state index contributed by atoms with van der Waals surface area (Å²) in [5, 5.41) is 3.02. The average Bonchev–Trinajstić information content (AvgIpc) is 3.49. The zero-order chi connectivity index (χ0) is 16.4. The van der Waals surface area contributed by atoms with Gasteiger partial charge >= 0.3 is 0 Å². The number of nitrogens with one attached hydrogen (secondary N) is 1. The highest BCUT2D eigenvalue weighted by Gasteiger charge is 2.29. The fourth-order valence-corrected chi connectivity index (χ4v) is 4.14. The molecule has 1 aromatic rings. The summed E-state index contributed by atoms with van der Waals surface area (Å²) >= 11 is 0. The fraction of sp³-hybridized carbons (Fsp3) is 0.650. The third-order valence-electron chi connectivity index (χ3n) is 5.85. The van der Waals surface area contributed by atoms with Crippen LogP contribution >= 0.6 is 0 Å². The molecule has 4 nitrogen and oxygen atoms in total. The van der Waals surface area contributed by atoms with Gasteiger partial charge in [0.2, 0.25) is 5.91 Å². The molecule has 0 atom stereocenters. The molecule has 0 spiro atoms. The summed E-state index contributed by atoms with van der Waals surface area (Å²) in [5.74, 6) is 0.446. The van der Waals surface area contributed by atoms with Crippen molar-refractivity contribution in [1.82, 2.24) is 4.90 Å². The highest BCUT2D eigenvalue weighted by molar-refractivity contribution is 5.94. The predicted molar refractivity (Wildman–Crippen MR) is 98.5 cm³/mol. The third-order valence-corrected chi connectivity index (χ3v) is 5.85. The van der Waals surface area contributed by atoms with Crippen molar-refractivity contribution in [2.75, 3.05) is 36.4 Å². The van der Waals surface area contributed by atoms with E-state index in [0.29, 0.717) is 0 Å². The van der Waals surface area contributed by atoms with Crippen molar-refractivity contribution in [3.8, 4) is 0 Å². The van der Waals surface area contributed by atoms with E-state index in [1.54, 1.807) is 0 Å². The number of benzene rings is 1. The Morgan fingerprint density at radius 3 is 2.17 bits per heavy atom. The van der Waals surface area contributed by atoms with E-state index < -0.39 is 0 Å². The lowest BCUT2D eigenvalue weighted by atomic mass is 9.94. The largest absolute Gasteiger partial charge is 0.369 e. The van der Waals surface area contributed by atoms with E-state index in [9.17, 15) is 4.79 Å². The van der Waals surface area contributed by atoms with Gasteiger partial charge in [-0.05, 0) is 49.9 Å². The third kappa shape index (κ3) is 3.75. The summed E-state index contributed by atoms with van der Waals surface area (Å²) in [5.41, 5.74) is 2.21. The van der Waals surface area contributed by atoms with Gasteiger partial charge in [-0.3, -0.25) is 9.69 Å². The molecule has 130 valence electrons. The molecule has 0 radical (unpaired) electrons. The Hall–Kier alpha value is -1.55. The van der Waals surface area contributed by atoms with E-state index in [0.717, 1.165) is 37.7 Å². The molecule has 0 bridgehead atoms. The van der Waals surface area contributed by atoms with E-state index in [4.69, 9.17) is 0 Å². The number of carbonyl (C=O) groups is 1. The molecule has 1 aliphatic heterocycles. The molecule has 1 heterocycles. The molecule has 0 aromatic heterocycles. The SMILES string of the molecule is O=C(Nc1ccc(N2CCN(C3CCCCC3)CC2)cc1)C1CC1. The van der Waals surface area contributed by atoms with Crippen LogP contribution in [0.1, 0.15) is 44.9 Å². The van der Waals surface area contributed by atoms with Crippen LogP contribution < -0.4 is 10.2 Å². The van der Waals surface area contributed by atoms with Crippen LogP contribution in [0.4, 0.5) is 11.4 Å². The number of carbonyl (C=O) groups excluding carboxylic acids is 1. The maximum Gasteiger partial charge on any atom is 0.227 e. The zero-order valence-corrected chi connectivity index (χ0v) is 14.5. The maximum atomic E-state index is 11.8. The van der Waals surface area contributed by atoms with Crippen molar-refractivity contribution in [3.63, 3.8) is 0 Å². The van der Waals surface area contributed by atoms with Crippen molar-refractivity contribution >= 4 is 17.3 Å². The van der Waals surface area contributed by atoms with Gasteiger partial charge in [0, 0.05) is 49.5 Å². The molecule has 0 unspecified atom stereocenters. The lowest BCUT2D eigenvalue weighted by Crippen LogP contribution is -2.50. The van der Waals surface area contributed by atoms with Gasteiger partial charge in [0.05, 0.1) is 0 Å². The maximum absolute atomic E-state index is 11.8. The first-order valence-corrected chi connectivity index (χ1v) is 9.69. The molecule has 1 aromatic carbocycles. The van der Waals surface area contributed by atoms with Crippen LogP contribution in [0, 0.1) is 5.92 Å². The summed E-state index contributed by atoms with van der Waals surface area (Å²) in [6.07, 6.45) is 9.16. The number of amides is 1. The Balaban J connectivity index is 1.29. The van der Waals surface area contributed by atoms with Gasteiger partial charge in [-0.2, -0.15) is 0 Å². The summed E-state index contributed by atoms with van der Waals surface area (Å²) in [4.78, 5) is 17.0. The lowest BCUT2D eigenvalue weighted by molar-refractivity contribution is -0.117. The van der Waals surface area contributed by atoms with E-state index >= 15 is 0 Å². The minimum absolute atomic E-state index is 0.184. The second-order valence-corrected chi connectivity index (χ2v) is 7.63. The predicted octanol–water partition coefficient (Wildman–Crippen LogP) is 3.49. The highest BCUT2D eigenvalue weighted by atomic mass is 16.2. The van der Waals surface area contributed by atoms with E-state index in [1.165, 1.54) is 50.9 Å². The van der Waals surface area contributed by atoms with Crippen LogP contribution in [0.3, 0.4) is 0 Å². The van der Waals surface area contributed by atoms with E-state index in [2.05, 4.69) is 27.2 Å². The topological polar surface area (TPSA) is 35.6 Å². The molecule has 1 amide bonds. The quantitative estimate of drug-likeness (QED) is 0.919. The molecule has 24 heavy (non-hydrogen) atoms. The molecule has 4 heteroatoms. The van der Waals surface area contributed by atoms with Gasteiger partial charge < -0.3 is 10.2 Å². The van der Waals surface area contributed by atoms with E-state index in [1.807, 2.05) is 12.1 Å². The number of rotatable bonds is 4. The number of nitrogens with zero attached hydrogens (tertiary/aromatic N) is 2. The fourth-order valence-electron chi connectivity index (χ4n) is 4.14. The van der Waals surface area contributed by atoms with Gasteiger partial charge in [-0.25, -0.2) is 0 Å². The van der Waals surface area contributed by atoms with Crippen LogP contribution in [0.5, 0.6) is 0 Å². The van der Waals surface area contributed by atoms with Gasteiger partial charge in [0.15, 0.2) is 0 Å². The van der Waals surface area contributed by atoms with Crippen molar-refractivity contribution in [2.24, 2.45) is 5.92 Å². The van der Waals surface area contributed by atoms with Crippen LogP contribution in [-0.2, 0) is 4.79 Å². The molecule has 2 aliphatic carbocycles. The monoisotopic (exact) mass is 327 g/mol.